The van der Waals surface area contributed by atoms with Crippen molar-refractivity contribution in [3.63, 3.8) is 0 Å². The predicted octanol–water partition coefficient (Wildman–Crippen LogP) is 3.73. The number of anilines is 1. The third kappa shape index (κ3) is 5.89. The van der Waals surface area contributed by atoms with Crippen molar-refractivity contribution in [2.24, 2.45) is 0 Å². The standard InChI is InChI=1S/C27H28N2O5S/c1-20(14-15-21-8-3-2-4-9-21)28-26(30)19-34-27(31)23-11-7-12-24(18-23)35(32,33)29-17-16-22-10-5-6-13-25(22)29/h2-13,18,20H,14-17,19H2,1H3,(H,28,30)/t20-/m0/s1. The number of nitrogens with zero attached hydrogens (tertiary/aromatic N) is 1. The van der Waals surface area contributed by atoms with E-state index in [0.717, 1.165) is 18.4 Å². The molecule has 182 valence electrons. The van der Waals surface area contributed by atoms with Crippen molar-refractivity contribution >= 4 is 27.6 Å². The Morgan fingerprint density at radius 3 is 2.54 bits per heavy atom. The molecule has 3 aromatic rings. The summed E-state index contributed by atoms with van der Waals surface area (Å²) in [6.07, 6.45) is 2.21. The van der Waals surface area contributed by atoms with Crippen LogP contribution in [0.15, 0.2) is 83.8 Å². The number of aryl methyl sites for hydroxylation is 1. The van der Waals surface area contributed by atoms with Crippen LogP contribution in [0.3, 0.4) is 0 Å². The number of hydrogen-bond donors (Lipinski definition) is 1. The SMILES string of the molecule is C[C@@H](CCc1ccccc1)NC(=O)COC(=O)c1cccc(S(=O)(=O)N2CCc3ccccc32)c1. The predicted molar refractivity (Wildman–Crippen MR) is 134 cm³/mol. The minimum Gasteiger partial charge on any atom is -0.452 e. The molecule has 0 aromatic heterocycles. The average Bonchev–Trinajstić information content (AvgIpc) is 3.32. The van der Waals surface area contributed by atoms with Crippen molar-refractivity contribution in [2.45, 2.75) is 37.1 Å². The fourth-order valence-electron chi connectivity index (χ4n) is 4.10. The second kappa shape index (κ2) is 10.7. The highest BCUT2D eigenvalue weighted by Gasteiger charge is 2.31. The number of carbonyl (C=O) groups is 2. The molecule has 0 spiro atoms. The molecule has 1 heterocycles. The molecule has 4 rings (SSSR count). The van der Waals surface area contributed by atoms with Crippen LogP contribution in [-0.4, -0.2) is 39.5 Å². The summed E-state index contributed by atoms with van der Waals surface area (Å²) in [7, 11) is -3.84. The smallest absolute Gasteiger partial charge is 0.338 e. The Bertz CT molecular complexity index is 1310. The van der Waals surface area contributed by atoms with Crippen LogP contribution in [0.25, 0.3) is 0 Å². The maximum absolute atomic E-state index is 13.2. The quantitative estimate of drug-likeness (QED) is 0.460. The Morgan fingerprint density at radius 1 is 1.00 bits per heavy atom. The number of hydrogen-bond acceptors (Lipinski definition) is 5. The highest BCUT2D eigenvalue weighted by Crippen LogP contribution is 2.32. The lowest BCUT2D eigenvalue weighted by Crippen LogP contribution is -2.36. The van der Waals surface area contributed by atoms with Crippen molar-refractivity contribution in [2.75, 3.05) is 17.5 Å². The number of rotatable bonds is 9. The Morgan fingerprint density at radius 2 is 1.74 bits per heavy atom. The van der Waals surface area contributed by atoms with Gasteiger partial charge in [0.2, 0.25) is 0 Å². The van der Waals surface area contributed by atoms with E-state index >= 15 is 0 Å². The third-order valence-corrected chi connectivity index (χ3v) is 7.76. The summed E-state index contributed by atoms with van der Waals surface area (Å²) in [5.41, 5.74) is 2.88. The number of nitrogens with one attached hydrogen (secondary N) is 1. The molecule has 0 radical (unpaired) electrons. The van der Waals surface area contributed by atoms with Crippen LogP contribution in [0.4, 0.5) is 5.69 Å². The van der Waals surface area contributed by atoms with Crippen LogP contribution in [0, 0.1) is 0 Å². The molecule has 0 unspecified atom stereocenters. The van der Waals surface area contributed by atoms with Gasteiger partial charge in [0.25, 0.3) is 15.9 Å². The van der Waals surface area contributed by atoms with Crippen molar-refractivity contribution in [3.05, 3.63) is 95.6 Å². The zero-order valence-electron chi connectivity index (χ0n) is 19.5. The van der Waals surface area contributed by atoms with E-state index in [4.69, 9.17) is 4.74 Å². The van der Waals surface area contributed by atoms with Gasteiger partial charge in [0.15, 0.2) is 6.61 Å². The van der Waals surface area contributed by atoms with Gasteiger partial charge in [-0.15, -0.1) is 0 Å². The minimum absolute atomic E-state index is 0.00244. The first kappa shape index (κ1) is 24.5. The van der Waals surface area contributed by atoms with E-state index in [9.17, 15) is 18.0 Å². The zero-order chi connectivity index (χ0) is 24.8. The summed E-state index contributed by atoms with van der Waals surface area (Å²) in [4.78, 5) is 24.8. The van der Waals surface area contributed by atoms with Gasteiger partial charge in [-0.05, 0) is 61.6 Å². The molecule has 7 nitrogen and oxygen atoms in total. The Labute approximate surface area is 205 Å². The molecule has 0 fully saturated rings. The number of amides is 1. The molecule has 1 aliphatic heterocycles. The summed E-state index contributed by atoms with van der Waals surface area (Å²) < 4.78 is 33.0. The van der Waals surface area contributed by atoms with E-state index in [1.165, 1.54) is 34.1 Å². The summed E-state index contributed by atoms with van der Waals surface area (Å²) in [5, 5.41) is 2.82. The molecule has 0 saturated heterocycles. The summed E-state index contributed by atoms with van der Waals surface area (Å²) in [6, 6.07) is 23.0. The van der Waals surface area contributed by atoms with E-state index in [1.54, 1.807) is 12.1 Å². The van der Waals surface area contributed by atoms with E-state index < -0.39 is 28.5 Å². The first-order valence-corrected chi connectivity index (χ1v) is 13.0. The van der Waals surface area contributed by atoms with Crippen LogP contribution < -0.4 is 9.62 Å². The van der Waals surface area contributed by atoms with Gasteiger partial charge in [0.05, 0.1) is 16.1 Å². The molecular weight excluding hydrogens is 464 g/mol. The molecule has 8 heteroatoms. The van der Waals surface area contributed by atoms with Crippen molar-refractivity contribution < 1.29 is 22.7 Å². The normalized spacial score (nSPS) is 13.7. The Kier molecular flexibility index (Phi) is 7.51. The van der Waals surface area contributed by atoms with Gasteiger partial charge >= 0.3 is 5.97 Å². The van der Waals surface area contributed by atoms with Crippen LogP contribution in [0.5, 0.6) is 0 Å². The van der Waals surface area contributed by atoms with Gasteiger partial charge in [-0.3, -0.25) is 9.10 Å². The van der Waals surface area contributed by atoms with Gasteiger partial charge in [0, 0.05) is 12.6 Å². The molecular formula is C27H28N2O5S. The number of sulfonamides is 1. The molecule has 1 aliphatic rings. The van der Waals surface area contributed by atoms with Crippen LogP contribution in [0.1, 0.15) is 34.8 Å². The number of ether oxygens (including phenoxy) is 1. The molecule has 1 amide bonds. The summed E-state index contributed by atoms with van der Waals surface area (Å²) in [5.74, 6) is -1.16. The van der Waals surface area contributed by atoms with E-state index in [1.807, 2.05) is 49.4 Å². The van der Waals surface area contributed by atoms with Crippen molar-refractivity contribution in [1.29, 1.82) is 0 Å². The van der Waals surface area contributed by atoms with Gasteiger partial charge < -0.3 is 10.1 Å². The lowest BCUT2D eigenvalue weighted by molar-refractivity contribution is -0.124. The van der Waals surface area contributed by atoms with Crippen molar-refractivity contribution in [1.82, 2.24) is 5.32 Å². The topological polar surface area (TPSA) is 92.8 Å². The first-order chi connectivity index (χ1) is 16.8. The summed E-state index contributed by atoms with van der Waals surface area (Å²) in [6.45, 7) is 1.80. The second-order valence-corrected chi connectivity index (χ2v) is 10.4. The highest BCUT2D eigenvalue weighted by atomic mass is 32.2. The highest BCUT2D eigenvalue weighted by molar-refractivity contribution is 7.92. The number of para-hydroxylation sites is 1. The molecule has 0 saturated carbocycles. The monoisotopic (exact) mass is 492 g/mol. The zero-order valence-corrected chi connectivity index (χ0v) is 20.3. The number of esters is 1. The fourth-order valence-corrected chi connectivity index (χ4v) is 5.65. The second-order valence-electron chi connectivity index (χ2n) is 8.55. The van der Waals surface area contributed by atoms with Crippen LogP contribution >= 0.6 is 0 Å². The molecule has 0 aliphatic carbocycles. The van der Waals surface area contributed by atoms with Crippen molar-refractivity contribution in [3.8, 4) is 0 Å². The van der Waals surface area contributed by atoms with Gasteiger partial charge in [-0.2, -0.15) is 0 Å². The molecule has 1 N–H and O–H groups in total. The molecule has 1 atom stereocenters. The average molecular weight is 493 g/mol. The van der Waals surface area contributed by atoms with Gasteiger partial charge in [-0.1, -0.05) is 54.6 Å². The van der Waals surface area contributed by atoms with Gasteiger partial charge in [0.1, 0.15) is 0 Å². The largest absolute Gasteiger partial charge is 0.452 e. The van der Waals surface area contributed by atoms with Gasteiger partial charge in [-0.25, -0.2) is 13.2 Å². The lowest BCUT2D eigenvalue weighted by Gasteiger charge is -2.20. The van der Waals surface area contributed by atoms with Crippen LogP contribution in [0.2, 0.25) is 0 Å². The van der Waals surface area contributed by atoms with Crippen LogP contribution in [-0.2, 0) is 32.4 Å². The minimum atomic E-state index is -3.84. The van der Waals surface area contributed by atoms with E-state index in [0.29, 0.717) is 18.7 Å². The van der Waals surface area contributed by atoms with E-state index in [2.05, 4.69) is 5.32 Å². The number of carbonyl (C=O) groups excluding carboxylic acids is 2. The molecule has 35 heavy (non-hydrogen) atoms. The maximum atomic E-state index is 13.2. The Balaban J connectivity index is 1.33. The fraction of sp³-hybridized carbons (Fsp3) is 0.259. The molecule has 3 aromatic carbocycles. The Hall–Kier alpha value is -3.65. The lowest BCUT2D eigenvalue weighted by atomic mass is 10.1. The first-order valence-electron chi connectivity index (χ1n) is 11.6. The molecule has 0 bridgehead atoms. The maximum Gasteiger partial charge on any atom is 0.338 e. The number of fused-ring (bicyclic) bond motifs is 1. The summed E-state index contributed by atoms with van der Waals surface area (Å²) >= 11 is 0. The van der Waals surface area contributed by atoms with E-state index in [-0.39, 0.29) is 16.5 Å². The third-order valence-electron chi connectivity index (χ3n) is 5.95. The number of benzene rings is 3.